The largest absolute Gasteiger partial charge is 0.480 e. The molecule has 1 amide bonds. The smallest absolute Gasteiger partial charge is 0.326 e. The standard InChI is InChI=1S/C13H13FN4O5/c14-8-3-7(4-16-5-8)11(20)12(21)18-10(13(22)23)2-1-9(19)6-17-15/h3-6,10-11,20H,1-2H2,(H,18,21)(H,22,23)/t10-,11+/m0/s1. The van der Waals surface area contributed by atoms with E-state index in [4.69, 9.17) is 10.6 Å². The molecule has 0 bridgehead atoms. The van der Waals surface area contributed by atoms with Gasteiger partial charge in [0.15, 0.2) is 6.10 Å². The number of nitrogens with one attached hydrogen (secondary N) is 1. The number of hydrogen-bond donors (Lipinski definition) is 3. The summed E-state index contributed by atoms with van der Waals surface area (Å²) >= 11 is 0. The summed E-state index contributed by atoms with van der Waals surface area (Å²) in [7, 11) is 0. The Labute approximate surface area is 129 Å². The lowest BCUT2D eigenvalue weighted by Crippen LogP contribution is -2.43. The summed E-state index contributed by atoms with van der Waals surface area (Å²) in [6.07, 6.45) is 0.162. The predicted molar refractivity (Wildman–Crippen MR) is 72.6 cm³/mol. The Kier molecular flexibility index (Phi) is 6.66. The zero-order valence-corrected chi connectivity index (χ0v) is 11.7. The molecule has 2 atom stereocenters. The van der Waals surface area contributed by atoms with Crippen LogP contribution in [0.4, 0.5) is 4.39 Å². The number of Topliss-reactive ketones (excluding diaryl/α,β-unsaturated/α-hetero) is 1. The van der Waals surface area contributed by atoms with E-state index in [-0.39, 0.29) is 18.4 Å². The molecule has 0 unspecified atom stereocenters. The van der Waals surface area contributed by atoms with Gasteiger partial charge in [-0.25, -0.2) is 9.18 Å². The van der Waals surface area contributed by atoms with Crippen molar-refractivity contribution in [3.8, 4) is 0 Å². The molecule has 122 valence electrons. The number of rotatable bonds is 8. The average molecular weight is 324 g/mol. The van der Waals surface area contributed by atoms with Crippen LogP contribution in [-0.2, 0) is 14.4 Å². The van der Waals surface area contributed by atoms with Crippen molar-refractivity contribution in [2.45, 2.75) is 25.0 Å². The van der Waals surface area contributed by atoms with Gasteiger partial charge >= 0.3 is 12.2 Å². The van der Waals surface area contributed by atoms with E-state index in [1.54, 1.807) is 0 Å². The zero-order valence-electron chi connectivity index (χ0n) is 11.7. The number of carbonyl (C=O) groups is 3. The number of aliphatic hydroxyl groups is 1. The quantitative estimate of drug-likeness (QED) is 0.332. The number of amides is 1. The molecule has 0 fully saturated rings. The van der Waals surface area contributed by atoms with Gasteiger partial charge in [-0.2, -0.15) is 4.79 Å². The van der Waals surface area contributed by atoms with Gasteiger partial charge in [-0.1, -0.05) is 0 Å². The fourth-order valence-corrected chi connectivity index (χ4v) is 1.65. The minimum atomic E-state index is -1.81. The molecule has 1 rings (SSSR count). The molecule has 10 heteroatoms. The topological polar surface area (TPSA) is 153 Å². The lowest BCUT2D eigenvalue weighted by atomic mass is 10.1. The second kappa shape index (κ2) is 8.47. The van der Waals surface area contributed by atoms with E-state index in [2.05, 4.69) is 9.77 Å². The molecule has 0 aromatic carbocycles. The van der Waals surface area contributed by atoms with Gasteiger partial charge in [0.2, 0.25) is 5.78 Å². The van der Waals surface area contributed by atoms with E-state index in [1.165, 1.54) is 0 Å². The summed E-state index contributed by atoms with van der Waals surface area (Å²) in [6, 6.07) is -0.566. The molecule has 23 heavy (non-hydrogen) atoms. The first-order valence-corrected chi connectivity index (χ1v) is 6.37. The second-order valence-corrected chi connectivity index (χ2v) is 4.49. The van der Waals surface area contributed by atoms with Crippen LogP contribution >= 0.6 is 0 Å². The van der Waals surface area contributed by atoms with Crippen molar-refractivity contribution in [2.75, 3.05) is 0 Å². The summed E-state index contributed by atoms with van der Waals surface area (Å²) in [5, 5.41) is 20.8. The molecule has 0 saturated carbocycles. The van der Waals surface area contributed by atoms with Gasteiger partial charge in [0.25, 0.3) is 5.91 Å². The van der Waals surface area contributed by atoms with Gasteiger partial charge < -0.3 is 21.1 Å². The Morgan fingerprint density at radius 3 is 2.70 bits per heavy atom. The van der Waals surface area contributed by atoms with Gasteiger partial charge in [-0.3, -0.25) is 14.6 Å². The lowest BCUT2D eigenvalue weighted by molar-refractivity contribution is -0.143. The van der Waals surface area contributed by atoms with Crippen molar-refractivity contribution < 1.29 is 33.8 Å². The van der Waals surface area contributed by atoms with Crippen LogP contribution in [-0.4, -0.2) is 49.9 Å². The maximum absolute atomic E-state index is 13.0. The Morgan fingerprint density at radius 1 is 1.43 bits per heavy atom. The average Bonchev–Trinajstić information content (AvgIpc) is 2.50. The van der Waals surface area contributed by atoms with Crippen LogP contribution in [0.2, 0.25) is 0 Å². The van der Waals surface area contributed by atoms with E-state index in [9.17, 15) is 23.9 Å². The van der Waals surface area contributed by atoms with Gasteiger partial charge in [-0.05, 0) is 12.5 Å². The number of halogens is 1. The minimum Gasteiger partial charge on any atom is -0.480 e. The minimum absolute atomic E-state index is 0.143. The summed E-state index contributed by atoms with van der Waals surface area (Å²) in [6.45, 7) is 0. The normalized spacial score (nSPS) is 12.6. The number of pyridine rings is 1. The maximum atomic E-state index is 13.0. The molecule has 0 spiro atoms. The third-order valence-corrected chi connectivity index (χ3v) is 2.79. The number of aromatic nitrogens is 1. The number of hydrogen-bond acceptors (Lipinski definition) is 5. The molecule has 0 aliphatic carbocycles. The first kappa shape index (κ1) is 18.1. The highest BCUT2D eigenvalue weighted by Gasteiger charge is 2.26. The van der Waals surface area contributed by atoms with Crippen LogP contribution in [0.3, 0.4) is 0 Å². The van der Waals surface area contributed by atoms with E-state index < -0.39 is 35.6 Å². The molecular formula is C13H13FN4O5. The van der Waals surface area contributed by atoms with E-state index in [1.807, 2.05) is 5.32 Å². The Morgan fingerprint density at radius 2 is 2.13 bits per heavy atom. The van der Waals surface area contributed by atoms with Crippen molar-refractivity contribution in [2.24, 2.45) is 0 Å². The number of carbonyl (C=O) groups excluding carboxylic acids is 2. The molecule has 1 aromatic heterocycles. The number of nitrogens with zero attached hydrogens (tertiary/aromatic N) is 3. The van der Waals surface area contributed by atoms with Gasteiger partial charge in [0.05, 0.1) is 6.20 Å². The number of aliphatic carboxylic acids is 1. The third kappa shape index (κ3) is 5.73. The van der Waals surface area contributed by atoms with Crippen LogP contribution in [0.15, 0.2) is 18.5 Å². The van der Waals surface area contributed by atoms with Crippen molar-refractivity contribution in [1.82, 2.24) is 10.3 Å². The third-order valence-electron chi connectivity index (χ3n) is 2.79. The number of ketones is 1. The summed E-state index contributed by atoms with van der Waals surface area (Å²) in [4.78, 5) is 40.0. The summed E-state index contributed by atoms with van der Waals surface area (Å²) in [5.41, 5.74) is 8.03. The number of carboxylic acid groups (broad SMARTS) is 1. The Bertz CT molecular complexity index is 660. The molecular weight excluding hydrogens is 311 g/mol. The van der Waals surface area contributed by atoms with Crippen molar-refractivity contribution >= 4 is 23.9 Å². The van der Waals surface area contributed by atoms with Gasteiger partial charge in [0.1, 0.15) is 11.9 Å². The lowest BCUT2D eigenvalue weighted by Gasteiger charge is -2.16. The highest BCUT2D eigenvalue weighted by atomic mass is 19.1. The molecule has 1 aromatic rings. The van der Waals surface area contributed by atoms with Crippen molar-refractivity contribution in [3.63, 3.8) is 0 Å². The van der Waals surface area contributed by atoms with Crippen LogP contribution in [0.1, 0.15) is 24.5 Å². The summed E-state index contributed by atoms with van der Waals surface area (Å²) in [5.74, 6) is -3.90. The maximum Gasteiger partial charge on any atom is 0.326 e. The van der Waals surface area contributed by atoms with Crippen molar-refractivity contribution in [3.05, 3.63) is 35.4 Å². The Hall–Kier alpha value is -2.97. The molecule has 9 nitrogen and oxygen atoms in total. The number of carboxylic acids is 1. The van der Waals surface area contributed by atoms with Crippen LogP contribution in [0.5, 0.6) is 0 Å². The SMILES string of the molecule is [N-]=[N+]=CC(=O)CC[C@H](NC(=O)[C@H](O)c1cncc(F)c1)C(=O)O. The zero-order chi connectivity index (χ0) is 17.4. The molecule has 0 aliphatic heterocycles. The fourth-order valence-electron chi connectivity index (χ4n) is 1.65. The first-order chi connectivity index (χ1) is 10.8. The van der Waals surface area contributed by atoms with Gasteiger partial charge in [-0.15, -0.1) is 0 Å². The van der Waals surface area contributed by atoms with Gasteiger partial charge in [0, 0.05) is 18.2 Å². The van der Waals surface area contributed by atoms with Crippen LogP contribution in [0.25, 0.3) is 5.53 Å². The molecule has 0 saturated heterocycles. The highest BCUT2D eigenvalue weighted by Crippen LogP contribution is 2.13. The molecule has 0 radical (unpaired) electrons. The van der Waals surface area contributed by atoms with Crippen LogP contribution in [0, 0.1) is 5.82 Å². The summed E-state index contributed by atoms with van der Waals surface area (Å²) < 4.78 is 13.0. The van der Waals surface area contributed by atoms with E-state index in [0.717, 1.165) is 18.5 Å². The number of aliphatic hydroxyl groups excluding tert-OH is 1. The molecule has 0 aliphatic rings. The predicted octanol–water partition coefficient (Wildman–Crippen LogP) is -0.527. The second-order valence-electron chi connectivity index (χ2n) is 4.49. The van der Waals surface area contributed by atoms with Crippen molar-refractivity contribution in [1.29, 1.82) is 0 Å². The van der Waals surface area contributed by atoms with E-state index in [0.29, 0.717) is 6.21 Å². The first-order valence-electron chi connectivity index (χ1n) is 6.37. The monoisotopic (exact) mass is 324 g/mol. The molecule has 1 heterocycles. The van der Waals surface area contributed by atoms with E-state index >= 15 is 0 Å². The fraction of sp³-hybridized carbons (Fsp3) is 0.308. The molecule has 3 N–H and O–H groups in total. The Balaban J connectivity index is 2.72. The van der Waals surface area contributed by atoms with Crippen LogP contribution < -0.4 is 5.32 Å². The highest BCUT2D eigenvalue weighted by molar-refractivity contribution is 6.25.